The summed E-state index contributed by atoms with van der Waals surface area (Å²) in [6.07, 6.45) is 9.34. The van der Waals surface area contributed by atoms with E-state index in [1.54, 1.807) is 0 Å². The molecule has 0 aliphatic carbocycles. The van der Waals surface area contributed by atoms with Gasteiger partial charge >= 0.3 is 0 Å². The molecular weight excluding hydrogens is 164 g/mol. The van der Waals surface area contributed by atoms with E-state index in [2.05, 4.69) is 12.2 Å². The molecule has 2 heteroatoms. The third-order valence-corrected chi connectivity index (χ3v) is 1.78. The summed E-state index contributed by atoms with van der Waals surface area (Å²) in [6.45, 7) is 3.63. The van der Waals surface area contributed by atoms with E-state index >= 15 is 0 Å². The zero-order valence-corrected chi connectivity index (χ0v) is 8.62. The van der Waals surface area contributed by atoms with Gasteiger partial charge < -0.3 is 9.90 Å². The Kier molecular flexibility index (Phi) is 6.51. The Morgan fingerprint density at radius 3 is 2.31 bits per heavy atom. The Bertz CT molecular complexity index is 154. The minimum absolute atomic E-state index is 0.562. The quantitative estimate of drug-likeness (QED) is 0.375. The lowest BCUT2D eigenvalue weighted by atomic mass is 10.0. The maximum Gasteiger partial charge on any atom is 0.120 e. The predicted octanol–water partition coefficient (Wildman–Crippen LogP) is 2.46. The molecule has 0 fully saturated rings. The molecule has 0 saturated heterocycles. The topological polar surface area (TPSA) is 37.3 Å². The fourth-order valence-electron chi connectivity index (χ4n) is 0.991. The van der Waals surface area contributed by atoms with E-state index in [0.29, 0.717) is 6.42 Å². The molecule has 1 N–H and O–H groups in total. The van der Waals surface area contributed by atoms with Crippen LogP contribution >= 0.6 is 0 Å². The van der Waals surface area contributed by atoms with Gasteiger partial charge in [-0.25, -0.2) is 0 Å². The van der Waals surface area contributed by atoms with Crippen LogP contribution in [0.5, 0.6) is 0 Å². The van der Waals surface area contributed by atoms with Crippen molar-refractivity contribution in [2.75, 3.05) is 0 Å². The first-order valence-corrected chi connectivity index (χ1v) is 4.87. The first-order valence-electron chi connectivity index (χ1n) is 4.87. The number of unbranched alkanes of at least 4 members (excludes halogenated alkanes) is 2. The fraction of sp³-hybridized carbons (Fsp3) is 0.727. The van der Waals surface area contributed by atoms with Crippen LogP contribution in [-0.4, -0.2) is 17.0 Å². The van der Waals surface area contributed by atoms with E-state index in [1.165, 1.54) is 0 Å². The SMILES string of the molecule is CC(C)(O)CCC=CCCCC=O. The molecule has 0 aromatic carbocycles. The molecule has 0 aliphatic rings. The van der Waals surface area contributed by atoms with E-state index in [4.69, 9.17) is 0 Å². The second-order valence-corrected chi connectivity index (χ2v) is 3.92. The van der Waals surface area contributed by atoms with Gasteiger partial charge in [-0.15, -0.1) is 0 Å². The Morgan fingerprint density at radius 2 is 1.77 bits per heavy atom. The molecule has 0 saturated carbocycles. The van der Waals surface area contributed by atoms with Crippen molar-refractivity contribution in [3.8, 4) is 0 Å². The molecular formula is C11H20O2. The van der Waals surface area contributed by atoms with Gasteiger partial charge in [0.05, 0.1) is 5.60 Å². The van der Waals surface area contributed by atoms with Gasteiger partial charge in [-0.1, -0.05) is 12.2 Å². The molecule has 13 heavy (non-hydrogen) atoms. The van der Waals surface area contributed by atoms with Crippen LogP contribution in [0.4, 0.5) is 0 Å². The van der Waals surface area contributed by atoms with Gasteiger partial charge in [-0.05, 0) is 39.5 Å². The van der Waals surface area contributed by atoms with E-state index in [1.807, 2.05) is 13.8 Å². The molecule has 0 bridgehead atoms. The van der Waals surface area contributed by atoms with E-state index in [9.17, 15) is 9.90 Å². The molecule has 0 spiro atoms. The van der Waals surface area contributed by atoms with Crippen LogP contribution in [-0.2, 0) is 4.79 Å². The van der Waals surface area contributed by atoms with Crippen molar-refractivity contribution in [3.63, 3.8) is 0 Å². The highest BCUT2D eigenvalue weighted by atomic mass is 16.3. The highest BCUT2D eigenvalue weighted by molar-refractivity contribution is 5.48. The van der Waals surface area contributed by atoms with Crippen LogP contribution in [0.2, 0.25) is 0 Å². The summed E-state index contributed by atoms with van der Waals surface area (Å²) in [5, 5.41) is 9.38. The standard InChI is InChI=1S/C11H20O2/c1-11(2,13)9-7-5-3-4-6-8-10-12/h3,5,10,13H,4,6-9H2,1-2H3. The summed E-state index contributed by atoms with van der Waals surface area (Å²) in [5.74, 6) is 0. The van der Waals surface area contributed by atoms with E-state index < -0.39 is 5.60 Å². The van der Waals surface area contributed by atoms with Gasteiger partial charge in [0.15, 0.2) is 0 Å². The number of aliphatic hydroxyl groups is 1. The van der Waals surface area contributed by atoms with Gasteiger partial charge in [0.1, 0.15) is 6.29 Å². The number of hydrogen-bond acceptors (Lipinski definition) is 2. The Balaban J connectivity index is 3.27. The monoisotopic (exact) mass is 184 g/mol. The third kappa shape index (κ3) is 11.4. The minimum atomic E-state index is -0.562. The van der Waals surface area contributed by atoms with Crippen LogP contribution in [0.25, 0.3) is 0 Å². The molecule has 0 radical (unpaired) electrons. The summed E-state index contributed by atoms with van der Waals surface area (Å²) >= 11 is 0. The molecule has 0 heterocycles. The molecule has 0 rings (SSSR count). The largest absolute Gasteiger partial charge is 0.390 e. The van der Waals surface area contributed by atoms with Crippen molar-refractivity contribution in [2.45, 2.75) is 51.6 Å². The average molecular weight is 184 g/mol. The number of carbonyl (C=O) groups is 1. The van der Waals surface area contributed by atoms with Gasteiger partial charge in [0.25, 0.3) is 0 Å². The molecule has 2 nitrogen and oxygen atoms in total. The average Bonchev–Trinajstić information content (AvgIpc) is 2.01. The minimum Gasteiger partial charge on any atom is -0.390 e. The molecule has 0 aliphatic heterocycles. The maximum atomic E-state index is 9.97. The normalized spacial score (nSPS) is 12.2. The lowest BCUT2D eigenvalue weighted by molar-refractivity contribution is -0.107. The van der Waals surface area contributed by atoms with Crippen molar-refractivity contribution in [2.24, 2.45) is 0 Å². The van der Waals surface area contributed by atoms with Crippen molar-refractivity contribution in [1.29, 1.82) is 0 Å². The number of aldehydes is 1. The van der Waals surface area contributed by atoms with Crippen LogP contribution in [0.15, 0.2) is 12.2 Å². The second kappa shape index (κ2) is 6.84. The number of carbonyl (C=O) groups excluding carboxylic acids is 1. The smallest absolute Gasteiger partial charge is 0.120 e. The number of hydrogen-bond donors (Lipinski definition) is 1. The van der Waals surface area contributed by atoms with Crippen molar-refractivity contribution in [1.82, 2.24) is 0 Å². The van der Waals surface area contributed by atoms with Crippen LogP contribution in [0.3, 0.4) is 0 Å². The summed E-state index contributed by atoms with van der Waals surface area (Å²) in [6, 6.07) is 0. The van der Waals surface area contributed by atoms with Gasteiger partial charge in [-0.3, -0.25) is 0 Å². The van der Waals surface area contributed by atoms with E-state index in [0.717, 1.165) is 32.0 Å². The first-order chi connectivity index (χ1) is 6.06. The van der Waals surface area contributed by atoms with Crippen LogP contribution in [0.1, 0.15) is 46.0 Å². The van der Waals surface area contributed by atoms with Gasteiger partial charge in [-0.2, -0.15) is 0 Å². The lowest BCUT2D eigenvalue weighted by Gasteiger charge is -2.14. The summed E-state index contributed by atoms with van der Waals surface area (Å²) in [7, 11) is 0. The first kappa shape index (κ1) is 12.4. The molecule has 76 valence electrons. The summed E-state index contributed by atoms with van der Waals surface area (Å²) in [5.41, 5.74) is -0.562. The molecule has 0 atom stereocenters. The third-order valence-electron chi connectivity index (χ3n) is 1.78. The van der Waals surface area contributed by atoms with Gasteiger partial charge in [0, 0.05) is 6.42 Å². The number of allylic oxidation sites excluding steroid dienone is 2. The zero-order valence-electron chi connectivity index (χ0n) is 8.62. The van der Waals surface area contributed by atoms with Gasteiger partial charge in [0.2, 0.25) is 0 Å². The van der Waals surface area contributed by atoms with Crippen molar-refractivity contribution < 1.29 is 9.90 Å². The van der Waals surface area contributed by atoms with Crippen LogP contribution < -0.4 is 0 Å². The molecule has 0 aromatic rings. The number of rotatable bonds is 7. The lowest BCUT2D eigenvalue weighted by Crippen LogP contribution is -2.17. The zero-order chi connectivity index (χ0) is 10.2. The summed E-state index contributed by atoms with van der Waals surface area (Å²) in [4.78, 5) is 9.97. The highest BCUT2D eigenvalue weighted by Crippen LogP contribution is 2.10. The molecule has 0 amide bonds. The fourth-order valence-corrected chi connectivity index (χ4v) is 0.991. The van der Waals surface area contributed by atoms with Crippen molar-refractivity contribution >= 4 is 6.29 Å². The Hall–Kier alpha value is -0.630. The van der Waals surface area contributed by atoms with Crippen LogP contribution in [0, 0.1) is 0 Å². The summed E-state index contributed by atoms with van der Waals surface area (Å²) < 4.78 is 0. The van der Waals surface area contributed by atoms with Crippen molar-refractivity contribution in [3.05, 3.63) is 12.2 Å². The highest BCUT2D eigenvalue weighted by Gasteiger charge is 2.09. The molecule has 0 unspecified atom stereocenters. The maximum absolute atomic E-state index is 9.97. The molecule has 0 aromatic heterocycles. The van der Waals surface area contributed by atoms with E-state index in [-0.39, 0.29) is 0 Å². The Labute approximate surface area is 80.7 Å². The predicted molar refractivity (Wildman–Crippen MR) is 54.6 cm³/mol. The Morgan fingerprint density at radius 1 is 1.15 bits per heavy atom. The second-order valence-electron chi connectivity index (χ2n) is 3.92.